The first-order chi connectivity index (χ1) is 10.1. The summed E-state index contributed by atoms with van der Waals surface area (Å²) in [7, 11) is 0. The molecule has 0 unspecified atom stereocenters. The lowest BCUT2D eigenvalue weighted by atomic mass is 10.1. The monoisotopic (exact) mass is 353 g/mol. The molecule has 2 aromatic heterocycles. The van der Waals surface area contributed by atoms with Crippen LogP contribution in [0.2, 0.25) is 0 Å². The highest BCUT2D eigenvalue weighted by atomic mass is 79.9. The van der Waals surface area contributed by atoms with E-state index in [0.717, 1.165) is 37.8 Å². The van der Waals surface area contributed by atoms with Crippen LogP contribution < -0.4 is 0 Å². The second kappa shape index (κ2) is 7.42. The van der Waals surface area contributed by atoms with Crippen molar-refractivity contribution in [2.45, 2.75) is 32.1 Å². The quantitative estimate of drug-likeness (QED) is 0.468. The maximum Gasteiger partial charge on any atom is 0.283 e. The van der Waals surface area contributed by atoms with Gasteiger partial charge in [-0.2, -0.15) is 0 Å². The fraction of sp³-hybridized carbons (Fsp3) is 0.429. The summed E-state index contributed by atoms with van der Waals surface area (Å²) < 4.78 is 0.651. The third kappa shape index (κ3) is 3.95. The lowest BCUT2D eigenvalue weighted by molar-refractivity contribution is -0.383. The van der Waals surface area contributed by atoms with Crippen molar-refractivity contribution in [3.8, 4) is 0 Å². The Kier molecular flexibility index (Phi) is 5.58. The predicted molar refractivity (Wildman–Crippen MR) is 83.2 cm³/mol. The van der Waals surface area contributed by atoms with Crippen LogP contribution in [0.1, 0.15) is 31.4 Å². The van der Waals surface area contributed by atoms with Crippen molar-refractivity contribution in [2.24, 2.45) is 0 Å². The van der Waals surface area contributed by atoms with Gasteiger partial charge in [-0.15, -0.1) is 0 Å². The van der Waals surface area contributed by atoms with Crippen molar-refractivity contribution < 1.29 is 10.0 Å². The molecular formula is C14H16BrN3O3. The molecule has 2 heterocycles. The SMILES string of the molecule is O=[N+]([O-])c1ccnc2nc(CCCCCCO)cc(Br)c12. The number of halogens is 1. The van der Waals surface area contributed by atoms with Crippen LogP contribution in [0.3, 0.4) is 0 Å². The van der Waals surface area contributed by atoms with E-state index in [4.69, 9.17) is 5.11 Å². The van der Waals surface area contributed by atoms with Gasteiger partial charge in [-0.25, -0.2) is 9.97 Å². The zero-order valence-electron chi connectivity index (χ0n) is 11.5. The summed E-state index contributed by atoms with van der Waals surface area (Å²) in [5.74, 6) is 0. The van der Waals surface area contributed by atoms with Gasteiger partial charge in [-0.1, -0.05) is 12.8 Å². The number of aryl methyl sites for hydroxylation is 1. The molecule has 0 spiro atoms. The number of hydrogen-bond donors (Lipinski definition) is 1. The van der Waals surface area contributed by atoms with Crippen LogP contribution in [-0.4, -0.2) is 26.6 Å². The number of aromatic nitrogens is 2. The average molecular weight is 354 g/mol. The highest BCUT2D eigenvalue weighted by Gasteiger charge is 2.17. The van der Waals surface area contributed by atoms with Gasteiger partial charge in [0.25, 0.3) is 5.69 Å². The molecule has 0 atom stereocenters. The number of unbranched alkanes of at least 4 members (excludes halogenated alkanes) is 3. The van der Waals surface area contributed by atoms with E-state index in [9.17, 15) is 10.1 Å². The molecule has 0 amide bonds. The lowest BCUT2D eigenvalue weighted by Crippen LogP contribution is -1.97. The van der Waals surface area contributed by atoms with Crippen LogP contribution in [0.4, 0.5) is 5.69 Å². The van der Waals surface area contributed by atoms with Crippen molar-refractivity contribution in [3.05, 3.63) is 38.6 Å². The summed E-state index contributed by atoms with van der Waals surface area (Å²) in [6, 6.07) is 3.20. The maximum absolute atomic E-state index is 11.0. The van der Waals surface area contributed by atoms with Crippen LogP contribution in [0.25, 0.3) is 11.0 Å². The molecule has 0 saturated heterocycles. The smallest absolute Gasteiger partial charge is 0.283 e. The maximum atomic E-state index is 11.0. The van der Waals surface area contributed by atoms with Gasteiger partial charge >= 0.3 is 0 Å². The van der Waals surface area contributed by atoms with Crippen LogP contribution in [0.5, 0.6) is 0 Å². The first kappa shape index (κ1) is 15.8. The largest absolute Gasteiger partial charge is 0.396 e. The van der Waals surface area contributed by atoms with Crippen LogP contribution >= 0.6 is 15.9 Å². The number of rotatable bonds is 7. The number of aliphatic hydroxyl groups is 1. The number of pyridine rings is 2. The molecule has 7 heteroatoms. The molecule has 6 nitrogen and oxygen atoms in total. The van der Waals surface area contributed by atoms with E-state index in [1.807, 2.05) is 6.07 Å². The lowest BCUT2D eigenvalue weighted by Gasteiger charge is -2.05. The van der Waals surface area contributed by atoms with Crippen molar-refractivity contribution >= 4 is 32.7 Å². The summed E-state index contributed by atoms with van der Waals surface area (Å²) in [4.78, 5) is 19.1. The Hall–Kier alpha value is -1.60. The molecule has 0 bridgehead atoms. The zero-order valence-corrected chi connectivity index (χ0v) is 13.0. The summed E-state index contributed by atoms with van der Waals surface area (Å²) in [5.41, 5.74) is 1.27. The van der Waals surface area contributed by atoms with Crippen LogP contribution in [-0.2, 0) is 6.42 Å². The Morgan fingerprint density at radius 1 is 1.29 bits per heavy atom. The van der Waals surface area contributed by atoms with E-state index in [2.05, 4.69) is 25.9 Å². The number of hydrogen-bond acceptors (Lipinski definition) is 5. The van der Waals surface area contributed by atoms with Gasteiger partial charge in [0, 0.05) is 29.0 Å². The zero-order chi connectivity index (χ0) is 15.2. The van der Waals surface area contributed by atoms with Gasteiger partial charge in [-0.05, 0) is 41.3 Å². The van der Waals surface area contributed by atoms with Gasteiger partial charge in [0.2, 0.25) is 0 Å². The molecule has 21 heavy (non-hydrogen) atoms. The van der Waals surface area contributed by atoms with Gasteiger partial charge in [0.1, 0.15) is 5.39 Å². The minimum Gasteiger partial charge on any atom is -0.396 e. The molecule has 1 N–H and O–H groups in total. The van der Waals surface area contributed by atoms with E-state index in [1.54, 1.807) is 0 Å². The molecule has 0 radical (unpaired) electrons. The normalized spacial score (nSPS) is 11.0. The second-order valence-electron chi connectivity index (χ2n) is 4.77. The molecule has 2 aromatic rings. The summed E-state index contributed by atoms with van der Waals surface area (Å²) in [6.07, 6.45) is 6.02. The Morgan fingerprint density at radius 3 is 2.76 bits per heavy atom. The predicted octanol–water partition coefficient (Wildman–Crippen LogP) is 3.40. The molecule has 0 aromatic carbocycles. The number of fused-ring (bicyclic) bond motifs is 1. The van der Waals surface area contributed by atoms with E-state index in [-0.39, 0.29) is 12.3 Å². The van der Waals surface area contributed by atoms with Gasteiger partial charge in [0.15, 0.2) is 5.65 Å². The van der Waals surface area contributed by atoms with Gasteiger partial charge in [-0.3, -0.25) is 10.1 Å². The van der Waals surface area contributed by atoms with Crippen LogP contribution in [0.15, 0.2) is 22.8 Å². The molecule has 2 rings (SSSR count). The standard InChI is InChI=1S/C14H16BrN3O3/c15-11-9-10(5-3-1-2-4-8-19)17-14-13(11)12(18(20)21)6-7-16-14/h6-7,9,19H,1-5,8H2. The molecule has 0 aliphatic carbocycles. The summed E-state index contributed by atoms with van der Waals surface area (Å²) in [6.45, 7) is 0.230. The highest BCUT2D eigenvalue weighted by molar-refractivity contribution is 9.10. The topological polar surface area (TPSA) is 89.2 Å². The van der Waals surface area contributed by atoms with E-state index < -0.39 is 4.92 Å². The Balaban J connectivity index is 2.19. The summed E-state index contributed by atoms with van der Waals surface area (Å²) in [5, 5.41) is 20.2. The van der Waals surface area contributed by atoms with Crippen molar-refractivity contribution in [1.82, 2.24) is 9.97 Å². The summed E-state index contributed by atoms with van der Waals surface area (Å²) >= 11 is 3.38. The van der Waals surface area contributed by atoms with Crippen LogP contribution in [0, 0.1) is 10.1 Å². The second-order valence-corrected chi connectivity index (χ2v) is 5.62. The minimum absolute atomic E-state index is 0.00821. The third-order valence-electron chi connectivity index (χ3n) is 3.23. The average Bonchev–Trinajstić information content (AvgIpc) is 2.46. The van der Waals surface area contributed by atoms with E-state index in [1.165, 1.54) is 12.3 Å². The van der Waals surface area contributed by atoms with Crippen molar-refractivity contribution in [2.75, 3.05) is 6.61 Å². The first-order valence-electron chi connectivity index (χ1n) is 6.83. The Bertz CT molecular complexity index is 649. The Labute approximate surface area is 130 Å². The fourth-order valence-electron chi connectivity index (χ4n) is 2.19. The molecule has 0 aliphatic rings. The number of nitrogens with zero attached hydrogens (tertiary/aromatic N) is 3. The van der Waals surface area contributed by atoms with Gasteiger partial charge in [0.05, 0.1) is 4.92 Å². The molecule has 0 aliphatic heterocycles. The third-order valence-corrected chi connectivity index (χ3v) is 3.85. The highest BCUT2D eigenvalue weighted by Crippen LogP contribution is 2.30. The van der Waals surface area contributed by atoms with Crippen molar-refractivity contribution in [1.29, 1.82) is 0 Å². The van der Waals surface area contributed by atoms with E-state index in [0.29, 0.717) is 15.5 Å². The molecule has 112 valence electrons. The first-order valence-corrected chi connectivity index (χ1v) is 7.62. The minimum atomic E-state index is -0.426. The van der Waals surface area contributed by atoms with Gasteiger partial charge < -0.3 is 5.11 Å². The molecule has 0 fully saturated rings. The molecule has 0 saturated carbocycles. The van der Waals surface area contributed by atoms with Crippen molar-refractivity contribution in [3.63, 3.8) is 0 Å². The number of nitro groups is 1. The number of aliphatic hydroxyl groups excluding tert-OH is 1. The Morgan fingerprint density at radius 2 is 2.05 bits per heavy atom. The fourth-order valence-corrected chi connectivity index (χ4v) is 2.84. The van der Waals surface area contributed by atoms with E-state index >= 15 is 0 Å². The molecular weight excluding hydrogens is 338 g/mol.